The number of rotatable bonds is 2. The Morgan fingerprint density at radius 2 is 1.88 bits per heavy atom. The second-order valence-electron chi connectivity index (χ2n) is 4.72. The van der Waals surface area contributed by atoms with Crippen molar-refractivity contribution >= 4 is 0 Å². The summed E-state index contributed by atoms with van der Waals surface area (Å²) >= 11 is 0. The predicted molar refractivity (Wildman–Crippen MR) is 59.5 cm³/mol. The summed E-state index contributed by atoms with van der Waals surface area (Å²) in [4.78, 5) is 0. The third-order valence-corrected chi connectivity index (χ3v) is 3.28. The molecular weight excluding hydrogens is 226 g/mol. The lowest BCUT2D eigenvalue weighted by Crippen LogP contribution is -2.39. The third kappa shape index (κ3) is 2.64. The molecule has 2 unspecified atom stereocenters. The number of ether oxygens (including phenoxy) is 1. The molecule has 4 heteroatoms. The molecule has 0 saturated carbocycles. The number of hydrogen-bond acceptors (Lipinski definition) is 2. The van der Waals surface area contributed by atoms with Crippen LogP contribution in [-0.4, -0.2) is 17.3 Å². The molecule has 0 aliphatic carbocycles. The summed E-state index contributed by atoms with van der Waals surface area (Å²) in [5.41, 5.74) is -0.523. The summed E-state index contributed by atoms with van der Waals surface area (Å²) in [5.74, 6) is -1.36. The van der Waals surface area contributed by atoms with Crippen molar-refractivity contribution in [2.24, 2.45) is 0 Å². The van der Waals surface area contributed by atoms with E-state index < -0.39 is 23.3 Å². The highest BCUT2D eigenvalue weighted by Gasteiger charge is 2.37. The van der Waals surface area contributed by atoms with E-state index in [4.69, 9.17) is 4.74 Å². The molecule has 1 aliphatic heterocycles. The molecule has 0 radical (unpaired) electrons. The number of aliphatic hydroxyl groups excluding tert-OH is 1. The topological polar surface area (TPSA) is 29.5 Å². The fourth-order valence-corrected chi connectivity index (χ4v) is 2.26. The highest BCUT2D eigenvalue weighted by Crippen LogP contribution is 2.36. The average molecular weight is 242 g/mol. The molecule has 1 N–H and O–H groups in total. The Morgan fingerprint density at radius 1 is 1.24 bits per heavy atom. The van der Waals surface area contributed by atoms with Gasteiger partial charge in [0.25, 0.3) is 0 Å². The summed E-state index contributed by atoms with van der Waals surface area (Å²) in [5, 5.41) is 10.2. The van der Waals surface area contributed by atoms with E-state index in [0.717, 1.165) is 31.0 Å². The largest absolute Gasteiger partial charge is 0.385 e. The molecule has 0 aromatic heterocycles. The Balaban J connectivity index is 2.26. The van der Waals surface area contributed by atoms with Gasteiger partial charge in [-0.15, -0.1) is 0 Å². The van der Waals surface area contributed by atoms with Gasteiger partial charge < -0.3 is 9.84 Å². The van der Waals surface area contributed by atoms with Crippen LogP contribution in [0.3, 0.4) is 0 Å². The van der Waals surface area contributed by atoms with Crippen LogP contribution < -0.4 is 0 Å². The van der Waals surface area contributed by atoms with E-state index in [1.54, 1.807) is 6.92 Å². The first kappa shape index (κ1) is 12.5. The van der Waals surface area contributed by atoms with Crippen LogP contribution in [0.4, 0.5) is 8.78 Å². The SMILES string of the molecule is CC1(C(O)c2cc(F)cc(F)c2)CCCCO1. The summed E-state index contributed by atoms with van der Waals surface area (Å²) in [6.07, 6.45) is 1.59. The number of hydrogen-bond donors (Lipinski definition) is 1. The fourth-order valence-electron chi connectivity index (χ4n) is 2.26. The maximum Gasteiger partial charge on any atom is 0.126 e. The van der Waals surface area contributed by atoms with E-state index in [-0.39, 0.29) is 5.56 Å². The first-order valence-corrected chi connectivity index (χ1v) is 5.79. The Morgan fingerprint density at radius 3 is 2.41 bits per heavy atom. The molecule has 17 heavy (non-hydrogen) atoms. The van der Waals surface area contributed by atoms with Crippen molar-refractivity contribution in [2.45, 2.75) is 37.9 Å². The first-order valence-electron chi connectivity index (χ1n) is 5.79. The van der Waals surface area contributed by atoms with Crippen LogP contribution >= 0.6 is 0 Å². The van der Waals surface area contributed by atoms with Crippen molar-refractivity contribution in [1.29, 1.82) is 0 Å². The Kier molecular flexibility index (Phi) is 3.45. The molecule has 1 fully saturated rings. The van der Waals surface area contributed by atoms with Gasteiger partial charge >= 0.3 is 0 Å². The van der Waals surface area contributed by atoms with Crippen molar-refractivity contribution in [2.75, 3.05) is 6.61 Å². The lowest BCUT2D eigenvalue weighted by atomic mass is 9.86. The molecule has 1 aromatic carbocycles. The van der Waals surface area contributed by atoms with Gasteiger partial charge in [-0.25, -0.2) is 8.78 Å². The van der Waals surface area contributed by atoms with Crippen molar-refractivity contribution in [1.82, 2.24) is 0 Å². The van der Waals surface area contributed by atoms with Gasteiger partial charge in [0.1, 0.15) is 17.7 Å². The first-order chi connectivity index (χ1) is 8.01. The van der Waals surface area contributed by atoms with Crippen molar-refractivity contribution < 1.29 is 18.6 Å². The quantitative estimate of drug-likeness (QED) is 0.864. The zero-order chi connectivity index (χ0) is 12.5. The highest BCUT2D eigenvalue weighted by atomic mass is 19.1. The molecule has 1 aromatic rings. The molecule has 0 amide bonds. The summed E-state index contributed by atoms with van der Waals surface area (Å²) in [6.45, 7) is 2.35. The van der Waals surface area contributed by atoms with Crippen LogP contribution in [0.15, 0.2) is 18.2 Å². The van der Waals surface area contributed by atoms with Gasteiger partial charge in [0.15, 0.2) is 0 Å². The van der Waals surface area contributed by atoms with E-state index in [1.807, 2.05) is 0 Å². The van der Waals surface area contributed by atoms with Gasteiger partial charge in [-0.3, -0.25) is 0 Å². The minimum absolute atomic E-state index is 0.229. The van der Waals surface area contributed by atoms with Gasteiger partial charge in [0.2, 0.25) is 0 Å². The van der Waals surface area contributed by atoms with Gasteiger partial charge in [-0.1, -0.05) is 0 Å². The maximum absolute atomic E-state index is 13.1. The summed E-state index contributed by atoms with van der Waals surface area (Å²) in [6, 6.07) is 3.09. The number of aliphatic hydroxyl groups is 1. The van der Waals surface area contributed by atoms with Crippen LogP contribution in [-0.2, 0) is 4.74 Å². The number of halogens is 2. The molecule has 0 bridgehead atoms. The van der Waals surface area contributed by atoms with Crippen LogP contribution in [0, 0.1) is 11.6 Å². The van der Waals surface area contributed by atoms with Crippen LogP contribution in [0.2, 0.25) is 0 Å². The molecule has 2 rings (SSSR count). The van der Waals surface area contributed by atoms with Crippen molar-refractivity contribution in [3.05, 3.63) is 35.4 Å². The third-order valence-electron chi connectivity index (χ3n) is 3.28. The molecule has 1 saturated heterocycles. The van der Waals surface area contributed by atoms with Gasteiger partial charge in [-0.2, -0.15) is 0 Å². The highest BCUT2D eigenvalue weighted by molar-refractivity contribution is 5.22. The van der Waals surface area contributed by atoms with Gasteiger partial charge in [-0.05, 0) is 43.9 Å². The zero-order valence-corrected chi connectivity index (χ0v) is 9.75. The standard InChI is InChI=1S/C13H16F2O2/c1-13(4-2-3-5-17-13)12(16)9-6-10(14)8-11(15)7-9/h6-8,12,16H,2-5H2,1H3. The smallest absolute Gasteiger partial charge is 0.126 e. The van der Waals surface area contributed by atoms with E-state index in [1.165, 1.54) is 0 Å². The maximum atomic E-state index is 13.1. The zero-order valence-electron chi connectivity index (χ0n) is 9.75. The predicted octanol–water partition coefficient (Wildman–Crippen LogP) is 2.96. The fraction of sp³-hybridized carbons (Fsp3) is 0.538. The second kappa shape index (κ2) is 4.70. The monoisotopic (exact) mass is 242 g/mol. The Labute approximate surface area is 99.2 Å². The molecule has 2 nitrogen and oxygen atoms in total. The van der Waals surface area contributed by atoms with E-state index in [2.05, 4.69) is 0 Å². The lowest BCUT2D eigenvalue weighted by molar-refractivity contribution is -0.138. The van der Waals surface area contributed by atoms with Crippen molar-refractivity contribution in [3.63, 3.8) is 0 Å². The van der Waals surface area contributed by atoms with E-state index in [0.29, 0.717) is 13.0 Å². The minimum Gasteiger partial charge on any atom is -0.385 e. The van der Waals surface area contributed by atoms with Crippen LogP contribution in [0.1, 0.15) is 37.9 Å². The van der Waals surface area contributed by atoms with Gasteiger partial charge in [0, 0.05) is 12.7 Å². The normalized spacial score (nSPS) is 26.8. The summed E-state index contributed by atoms with van der Waals surface area (Å²) in [7, 11) is 0. The molecule has 1 aliphatic rings. The van der Waals surface area contributed by atoms with Crippen molar-refractivity contribution in [3.8, 4) is 0 Å². The Bertz CT molecular complexity index is 380. The Hall–Kier alpha value is -1.00. The molecule has 2 atom stereocenters. The lowest BCUT2D eigenvalue weighted by Gasteiger charge is -2.38. The molecular formula is C13H16F2O2. The van der Waals surface area contributed by atoms with Crippen LogP contribution in [0.25, 0.3) is 0 Å². The molecule has 0 spiro atoms. The average Bonchev–Trinajstić information content (AvgIpc) is 2.27. The second-order valence-corrected chi connectivity index (χ2v) is 4.72. The molecule has 1 heterocycles. The number of benzene rings is 1. The summed E-state index contributed by atoms with van der Waals surface area (Å²) < 4.78 is 31.7. The van der Waals surface area contributed by atoms with E-state index in [9.17, 15) is 13.9 Å². The van der Waals surface area contributed by atoms with Gasteiger partial charge in [0.05, 0.1) is 5.60 Å². The minimum atomic E-state index is -1.01. The van der Waals surface area contributed by atoms with E-state index >= 15 is 0 Å². The van der Waals surface area contributed by atoms with Crippen LogP contribution in [0.5, 0.6) is 0 Å². The molecule has 94 valence electrons.